The SMILES string of the molecule is N.OCCC(c1ccccc1)c1ccccc1. The van der Waals surface area contributed by atoms with Gasteiger partial charge in [-0.3, -0.25) is 0 Å². The van der Waals surface area contributed by atoms with Crippen molar-refractivity contribution in [1.82, 2.24) is 6.15 Å². The van der Waals surface area contributed by atoms with Gasteiger partial charge in [-0.2, -0.15) is 0 Å². The highest BCUT2D eigenvalue weighted by Gasteiger charge is 2.12. The minimum Gasteiger partial charge on any atom is -0.396 e. The van der Waals surface area contributed by atoms with Crippen LogP contribution in [0.5, 0.6) is 0 Å². The minimum absolute atomic E-state index is 0. The van der Waals surface area contributed by atoms with Crippen molar-refractivity contribution in [2.45, 2.75) is 12.3 Å². The molecule has 0 bridgehead atoms. The first-order chi connectivity index (χ1) is 7.92. The van der Waals surface area contributed by atoms with Crippen LogP contribution in [0.25, 0.3) is 0 Å². The summed E-state index contributed by atoms with van der Waals surface area (Å²) in [6.07, 6.45) is 0.772. The Balaban J connectivity index is 0.00000144. The third kappa shape index (κ3) is 3.41. The molecule has 0 spiro atoms. The molecule has 0 unspecified atom stereocenters. The number of rotatable bonds is 4. The zero-order valence-electron chi connectivity index (χ0n) is 9.92. The smallest absolute Gasteiger partial charge is 0.0440 e. The first-order valence-corrected chi connectivity index (χ1v) is 5.62. The number of hydrogen-bond acceptors (Lipinski definition) is 2. The Kier molecular flexibility index (Phi) is 5.40. The molecule has 2 aromatic rings. The van der Waals surface area contributed by atoms with E-state index >= 15 is 0 Å². The van der Waals surface area contributed by atoms with E-state index in [0.29, 0.717) is 5.92 Å². The summed E-state index contributed by atoms with van der Waals surface area (Å²) in [6.45, 7) is 0.217. The lowest BCUT2D eigenvalue weighted by Crippen LogP contribution is -2.03. The van der Waals surface area contributed by atoms with Crippen LogP contribution in [-0.4, -0.2) is 11.7 Å². The molecule has 0 atom stereocenters. The molecule has 2 rings (SSSR count). The standard InChI is InChI=1S/C15H16O.H3N/c16-12-11-15(13-7-3-1-4-8-13)14-9-5-2-6-10-14;/h1-10,15-16H,11-12H2;1H3. The summed E-state index contributed by atoms with van der Waals surface area (Å²) in [6, 6.07) is 20.7. The number of hydrogen-bond donors (Lipinski definition) is 2. The molecule has 2 heteroatoms. The van der Waals surface area contributed by atoms with Gasteiger partial charge in [0.05, 0.1) is 0 Å². The van der Waals surface area contributed by atoms with Gasteiger partial charge in [0.1, 0.15) is 0 Å². The molecule has 0 amide bonds. The van der Waals surface area contributed by atoms with Gasteiger partial charge < -0.3 is 11.3 Å². The molecule has 0 aromatic heterocycles. The Morgan fingerprint density at radius 2 is 1.18 bits per heavy atom. The fraction of sp³-hybridized carbons (Fsp3) is 0.200. The van der Waals surface area contributed by atoms with Crippen molar-refractivity contribution in [2.24, 2.45) is 0 Å². The van der Waals surface area contributed by atoms with E-state index in [9.17, 15) is 0 Å². The lowest BCUT2D eigenvalue weighted by atomic mass is 9.89. The van der Waals surface area contributed by atoms with Crippen LogP contribution in [0.1, 0.15) is 23.5 Å². The number of aliphatic hydroxyl groups excluding tert-OH is 1. The Hall–Kier alpha value is -1.64. The Morgan fingerprint density at radius 1 is 0.765 bits per heavy atom. The summed E-state index contributed by atoms with van der Waals surface area (Å²) >= 11 is 0. The molecule has 0 radical (unpaired) electrons. The van der Waals surface area contributed by atoms with Crippen LogP contribution in [-0.2, 0) is 0 Å². The van der Waals surface area contributed by atoms with Crippen LogP contribution < -0.4 is 6.15 Å². The van der Waals surface area contributed by atoms with Gasteiger partial charge in [-0.05, 0) is 17.5 Å². The van der Waals surface area contributed by atoms with Crippen molar-refractivity contribution < 1.29 is 5.11 Å². The lowest BCUT2D eigenvalue weighted by molar-refractivity contribution is 0.281. The molecule has 0 saturated heterocycles. The molecule has 0 aliphatic heterocycles. The second-order valence-electron chi connectivity index (χ2n) is 3.89. The molecule has 0 heterocycles. The van der Waals surface area contributed by atoms with Gasteiger partial charge in [0.15, 0.2) is 0 Å². The van der Waals surface area contributed by atoms with Crippen molar-refractivity contribution in [3.05, 3.63) is 71.8 Å². The number of aliphatic hydroxyl groups is 1. The molecular weight excluding hydrogens is 210 g/mol. The quantitative estimate of drug-likeness (QED) is 0.844. The normalized spacial score (nSPS) is 10.0. The van der Waals surface area contributed by atoms with Gasteiger partial charge in [-0.15, -0.1) is 0 Å². The minimum atomic E-state index is 0. The van der Waals surface area contributed by atoms with E-state index in [1.54, 1.807) is 0 Å². The van der Waals surface area contributed by atoms with Gasteiger partial charge in [-0.25, -0.2) is 0 Å². The second kappa shape index (κ2) is 6.84. The van der Waals surface area contributed by atoms with Crippen LogP contribution in [0.3, 0.4) is 0 Å². The molecule has 0 aliphatic carbocycles. The first kappa shape index (κ1) is 13.4. The molecule has 0 fully saturated rings. The van der Waals surface area contributed by atoms with E-state index in [1.807, 2.05) is 36.4 Å². The van der Waals surface area contributed by atoms with Gasteiger partial charge in [0.25, 0.3) is 0 Å². The van der Waals surface area contributed by atoms with E-state index in [2.05, 4.69) is 24.3 Å². The Bertz CT molecular complexity index is 374. The van der Waals surface area contributed by atoms with Crippen LogP contribution in [0.2, 0.25) is 0 Å². The monoisotopic (exact) mass is 229 g/mol. The van der Waals surface area contributed by atoms with Crippen molar-refractivity contribution in [3.63, 3.8) is 0 Å². The second-order valence-corrected chi connectivity index (χ2v) is 3.89. The fourth-order valence-electron chi connectivity index (χ4n) is 2.03. The van der Waals surface area contributed by atoms with E-state index in [-0.39, 0.29) is 12.8 Å². The summed E-state index contributed by atoms with van der Waals surface area (Å²) < 4.78 is 0. The summed E-state index contributed by atoms with van der Waals surface area (Å²) in [5.74, 6) is 0.299. The molecule has 4 N–H and O–H groups in total. The van der Waals surface area contributed by atoms with E-state index < -0.39 is 0 Å². The Labute approximate surface area is 103 Å². The topological polar surface area (TPSA) is 55.2 Å². The van der Waals surface area contributed by atoms with Gasteiger partial charge in [0.2, 0.25) is 0 Å². The summed E-state index contributed by atoms with van der Waals surface area (Å²) in [5, 5.41) is 9.16. The van der Waals surface area contributed by atoms with Crippen molar-refractivity contribution >= 4 is 0 Å². The van der Waals surface area contributed by atoms with Gasteiger partial charge in [0, 0.05) is 12.5 Å². The predicted molar refractivity (Wildman–Crippen MR) is 71.5 cm³/mol. The molecule has 0 saturated carbocycles. The largest absolute Gasteiger partial charge is 0.396 e. The summed E-state index contributed by atoms with van der Waals surface area (Å²) in [7, 11) is 0. The molecule has 0 aliphatic rings. The zero-order chi connectivity index (χ0) is 11.2. The van der Waals surface area contributed by atoms with Crippen LogP contribution in [0, 0.1) is 0 Å². The highest BCUT2D eigenvalue weighted by molar-refractivity contribution is 5.32. The number of benzene rings is 2. The average molecular weight is 229 g/mol. The maximum absolute atomic E-state index is 9.16. The van der Waals surface area contributed by atoms with Crippen LogP contribution >= 0.6 is 0 Å². The summed E-state index contributed by atoms with van der Waals surface area (Å²) in [5.41, 5.74) is 2.53. The van der Waals surface area contributed by atoms with Crippen LogP contribution in [0.15, 0.2) is 60.7 Å². The van der Waals surface area contributed by atoms with E-state index in [1.165, 1.54) is 11.1 Å². The summed E-state index contributed by atoms with van der Waals surface area (Å²) in [4.78, 5) is 0. The van der Waals surface area contributed by atoms with Crippen molar-refractivity contribution in [2.75, 3.05) is 6.61 Å². The zero-order valence-corrected chi connectivity index (χ0v) is 9.92. The molecule has 17 heavy (non-hydrogen) atoms. The predicted octanol–water partition coefficient (Wildman–Crippen LogP) is 3.36. The van der Waals surface area contributed by atoms with Crippen molar-refractivity contribution in [1.29, 1.82) is 0 Å². The van der Waals surface area contributed by atoms with E-state index in [0.717, 1.165) is 6.42 Å². The third-order valence-corrected chi connectivity index (χ3v) is 2.82. The maximum atomic E-state index is 9.16. The highest BCUT2D eigenvalue weighted by atomic mass is 16.3. The Morgan fingerprint density at radius 3 is 1.53 bits per heavy atom. The molecule has 2 aromatic carbocycles. The third-order valence-electron chi connectivity index (χ3n) is 2.82. The first-order valence-electron chi connectivity index (χ1n) is 5.62. The maximum Gasteiger partial charge on any atom is 0.0440 e. The molecule has 90 valence electrons. The van der Waals surface area contributed by atoms with E-state index in [4.69, 9.17) is 5.11 Å². The lowest BCUT2D eigenvalue weighted by Gasteiger charge is -2.16. The van der Waals surface area contributed by atoms with Gasteiger partial charge in [-0.1, -0.05) is 60.7 Å². The molecule has 2 nitrogen and oxygen atoms in total. The van der Waals surface area contributed by atoms with Crippen molar-refractivity contribution in [3.8, 4) is 0 Å². The average Bonchev–Trinajstić information content (AvgIpc) is 2.38. The van der Waals surface area contributed by atoms with Gasteiger partial charge >= 0.3 is 0 Å². The fourth-order valence-corrected chi connectivity index (χ4v) is 2.03. The van der Waals surface area contributed by atoms with Crippen LogP contribution in [0.4, 0.5) is 0 Å². The molecular formula is C15H19NO. The highest BCUT2D eigenvalue weighted by Crippen LogP contribution is 2.27.